The third-order valence-corrected chi connectivity index (χ3v) is 2.40. The van der Waals surface area contributed by atoms with Crippen LogP contribution in [0.2, 0.25) is 0 Å². The van der Waals surface area contributed by atoms with Gasteiger partial charge in [-0.3, -0.25) is 0 Å². The Kier molecular flexibility index (Phi) is 4.49. The molecule has 0 spiro atoms. The van der Waals surface area contributed by atoms with Gasteiger partial charge in [0, 0.05) is 11.0 Å². The van der Waals surface area contributed by atoms with Crippen LogP contribution in [0.3, 0.4) is 0 Å². The van der Waals surface area contributed by atoms with E-state index in [4.69, 9.17) is 9.47 Å². The van der Waals surface area contributed by atoms with Crippen molar-refractivity contribution in [1.82, 2.24) is 0 Å². The first-order valence-electron chi connectivity index (χ1n) is 4.65. The lowest BCUT2D eigenvalue weighted by atomic mass is 10.2. The number of hydrogen-bond donors (Lipinski definition) is 1. The van der Waals surface area contributed by atoms with Crippen LogP contribution in [0.15, 0.2) is 17.0 Å². The summed E-state index contributed by atoms with van der Waals surface area (Å²) in [7, 11) is 2.87. The number of benzene rings is 1. The zero-order valence-electron chi connectivity index (χ0n) is 9.44. The highest BCUT2D eigenvalue weighted by atomic mass is 32.1. The lowest BCUT2D eigenvalue weighted by Gasteiger charge is -2.11. The third kappa shape index (κ3) is 3.06. The molecule has 1 rings (SSSR count). The van der Waals surface area contributed by atoms with Gasteiger partial charge < -0.3 is 14.2 Å². The van der Waals surface area contributed by atoms with E-state index in [1.54, 1.807) is 13.2 Å². The molecule has 4 nitrogen and oxygen atoms in total. The molecule has 0 N–H and O–H groups in total. The van der Waals surface area contributed by atoms with E-state index in [-0.39, 0.29) is 6.61 Å². The molecule has 1 aromatic carbocycles. The van der Waals surface area contributed by atoms with E-state index in [0.29, 0.717) is 11.5 Å². The van der Waals surface area contributed by atoms with E-state index in [2.05, 4.69) is 17.4 Å². The first-order valence-corrected chi connectivity index (χ1v) is 5.10. The standard InChI is InChI=1S/C11H14O4S/c1-7-4-10(16)9(13-2)5-8(7)15-6-11(12)14-3/h4-5,16H,6H2,1-3H3. The molecule has 0 aromatic heterocycles. The summed E-state index contributed by atoms with van der Waals surface area (Å²) in [6, 6.07) is 3.51. The Morgan fingerprint density at radius 1 is 1.31 bits per heavy atom. The molecule has 0 aliphatic carbocycles. The molecule has 0 aliphatic heterocycles. The minimum absolute atomic E-state index is 0.119. The molecule has 0 unspecified atom stereocenters. The highest BCUT2D eigenvalue weighted by molar-refractivity contribution is 7.80. The number of methoxy groups -OCH3 is 2. The number of carbonyl (C=O) groups excluding carboxylic acids is 1. The van der Waals surface area contributed by atoms with Gasteiger partial charge in [0.1, 0.15) is 11.5 Å². The van der Waals surface area contributed by atoms with E-state index >= 15 is 0 Å². The zero-order chi connectivity index (χ0) is 12.1. The van der Waals surface area contributed by atoms with Gasteiger partial charge in [0.2, 0.25) is 0 Å². The van der Waals surface area contributed by atoms with Gasteiger partial charge in [0.05, 0.1) is 14.2 Å². The molecular formula is C11H14O4S. The second kappa shape index (κ2) is 5.65. The Morgan fingerprint density at radius 2 is 2.00 bits per heavy atom. The first-order chi connectivity index (χ1) is 7.58. The van der Waals surface area contributed by atoms with Crippen LogP contribution in [0.5, 0.6) is 11.5 Å². The van der Waals surface area contributed by atoms with Gasteiger partial charge >= 0.3 is 5.97 Å². The van der Waals surface area contributed by atoms with Crippen molar-refractivity contribution < 1.29 is 19.0 Å². The summed E-state index contributed by atoms with van der Waals surface area (Å²) < 4.78 is 14.9. The number of ether oxygens (including phenoxy) is 3. The summed E-state index contributed by atoms with van der Waals surface area (Å²) in [5.41, 5.74) is 0.884. The van der Waals surface area contributed by atoms with E-state index < -0.39 is 5.97 Å². The predicted octanol–water partition coefficient (Wildman–Crippen LogP) is 1.84. The molecule has 0 amide bonds. The van der Waals surface area contributed by atoms with Crippen LogP contribution in [0, 0.1) is 6.92 Å². The molecule has 5 heteroatoms. The molecule has 88 valence electrons. The van der Waals surface area contributed by atoms with E-state index in [1.165, 1.54) is 7.11 Å². The molecule has 16 heavy (non-hydrogen) atoms. The quantitative estimate of drug-likeness (QED) is 0.646. The number of carbonyl (C=O) groups is 1. The van der Waals surface area contributed by atoms with Crippen LogP contribution in [0.1, 0.15) is 5.56 Å². The highest BCUT2D eigenvalue weighted by Crippen LogP contribution is 2.30. The molecule has 0 bridgehead atoms. The third-order valence-electron chi connectivity index (χ3n) is 2.05. The van der Waals surface area contributed by atoms with Crippen LogP contribution in [-0.4, -0.2) is 26.8 Å². The SMILES string of the molecule is COC(=O)COc1cc(OC)c(S)cc1C. The Labute approximate surface area is 99.9 Å². The topological polar surface area (TPSA) is 44.8 Å². The average molecular weight is 242 g/mol. The van der Waals surface area contributed by atoms with Gasteiger partial charge in [-0.2, -0.15) is 0 Å². The molecule has 0 saturated heterocycles. The van der Waals surface area contributed by atoms with Crippen molar-refractivity contribution in [2.75, 3.05) is 20.8 Å². The molecule has 0 heterocycles. The maximum Gasteiger partial charge on any atom is 0.343 e. The van der Waals surface area contributed by atoms with Gasteiger partial charge in [-0.05, 0) is 18.6 Å². The van der Waals surface area contributed by atoms with E-state index in [0.717, 1.165) is 10.5 Å². The Hall–Kier alpha value is -1.36. The highest BCUT2D eigenvalue weighted by Gasteiger charge is 2.08. The molecular weight excluding hydrogens is 228 g/mol. The lowest BCUT2D eigenvalue weighted by molar-refractivity contribution is -0.142. The molecule has 0 atom stereocenters. The number of thiol groups is 1. The second-order valence-electron chi connectivity index (χ2n) is 3.15. The van der Waals surface area contributed by atoms with Crippen molar-refractivity contribution in [3.05, 3.63) is 17.7 Å². The summed E-state index contributed by atoms with van der Waals surface area (Å²) in [5, 5.41) is 0. The fourth-order valence-corrected chi connectivity index (χ4v) is 1.52. The summed E-state index contributed by atoms with van der Waals surface area (Å²) in [6.07, 6.45) is 0. The lowest BCUT2D eigenvalue weighted by Crippen LogP contribution is -2.13. The number of aryl methyl sites for hydroxylation is 1. The normalized spacial score (nSPS) is 9.75. The van der Waals surface area contributed by atoms with Crippen LogP contribution in [0.25, 0.3) is 0 Å². The molecule has 0 aliphatic rings. The predicted molar refractivity (Wildman–Crippen MR) is 62.5 cm³/mol. The summed E-state index contributed by atoms with van der Waals surface area (Å²) in [5.74, 6) is 0.766. The van der Waals surface area contributed by atoms with Gasteiger partial charge in [-0.15, -0.1) is 12.6 Å². The largest absolute Gasteiger partial charge is 0.495 e. The summed E-state index contributed by atoms with van der Waals surface area (Å²) in [4.78, 5) is 11.7. The number of rotatable bonds is 4. The van der Waals surface area contributed by atoms with Gasteiger partial charge in [0.15, 0.2) is 6.61 Å². The van der Waals surface area contributed by atoms with Crippen LogP contribution in [-0.2, 0) is 9.53 Å². The number of esters is 1. The van der Waals surface area contributed by atoms with Crippen LogP contribution < -0.4 is 9.47 Å². The van der Waals surface area contributed by atoms with Crippen molar-refractivity contribution in [2.24, 2.45) is 0 Å². The van der Waals surface area contributed by atoms with Crippen LogP contribution >= 0.6 is 12.6 Å². The van der Waals surface area contributed by atoms with E-state index in [9.17, 15) is 4.79 Å². The molecule has 0 saturated carbocycles. The Balaban J connectivity index is 2.83. The fourth-order valence-electron chi connectivity index (χ4n) is 1.17. The average Bonchev–Trinajstić information content (AvgIpc) is 2.27. The Morgan fingerprint density at radius 3 is 2.56 bits per heavy atom. The van der Waals surface area contributed by atoms with Crippen LogP contribution in [0.4, 0.5) is 0 Å². The van der Waals surface area contributed by atoms with Gasteiger partial charge in [0.25, 0.3) is 0 Å². The summed E-state index contributed by atoms with van der Waals surface area (Å²) >= 11 is 4.25. The van der Waals surface area contributed by atoms with Crippen molar-refractivity contribution >= 4 is 18.6 Å². The smallest absolute Gasteiger partial charge is 0.343 e. The van der Waals surface area contributed by atoms with Crippen molar-refractivity contribution in [1.29, 1.82) is 0 Å². The van der Waals surface area contributed by atoms with Crippen molar-refractivity contribution in [3.63, 3.8) is 0 Å². The molecule has 0 radical (unpaired) electrons. The maximum atomic E-state index is 10.9. The fraction of sp³-hybridized carbons (Fsp3) is 0.364. The maximum absolute atomic E-state index is 10.9. The summed E-state index contributed by atoms with van der Waals surface area (Å²) in [6.45, 7) is 1.75. The van der Waals surface area contributed by atoms with E-state index in [1.807, 2.05) is 13.0 Å². The van der Waals surface area contributed by atoms with Crippen molar-refractivity contribution in [3.8, 4) is 11.5 Å². The monoisotopic (exact) mass is 242 g/mol. The van der Waals surface area contributed by atoms with Crippen molar-refractivity contribution in [2.45, 2.75) is 11.8 Å². The number of hydrogen-bond acceptors (Lipinski definition) is 5. The molecule has 1 aromatic rings. The Bertz CT molecular complexity index is 390. The van der Waals surface area contributed by atoms with Gasteiger partial charge in [-0.1, -0.05) is 0 Å². The molecule has 0 fully saturated rings. The first kappa shape index (κ1) is 12.7. The minimum atomic E-state index is -0.423. The zero-order valence-corrected chi connectivity index (χ0v) is 10.3. The second-order valence-corrected chi connectivity index (χ2v) is 3.64. The minimum Gasteiger partial charge on any atom is -0.495 e. The van der Waals surface area contributed by atoms with Gasteiger partial charge in [-0.25, -0.2) is 4.79 Å².